The minimum absolute atomic E-state index is 0.0250. The lowest BCUT2D eigenvalue weighted by Crippen LogP contribution is -2.15. The Morgan fingerprint density at radius 1 is 1.22 bits per heavy atom. The van der Waals surface area contributed by atoms with E-state index in [1.54, 1.807) is 43.5 Å². The second kappa shape index (κ2) is 8.39. The van der Waals surface area contributed by atoms with Gasteiger partial charge in [-0.25, -0.2) is 9.67 Å². The van der Waals surface area contributed by atoms with E-state index in [4.69, 9.17) is 27.9 Å². The highest BCUT2D eigenvalue weighted by Crippen LogP contribution is 2.25. The van der Waals surface area contributed by atoms with Gasteiger partial charge in [0, 0.05) is 5.69 Å². The Kier molecular flexibility index (Phi) is 5.95. The number of carbonyl (C=O) groups is 1. The molecule has 1 aromatic heterocycles. The Balaban J connectivity index is 1.64. The largest absolute Gasteiger partial charge is 0.497 e. The number of anilines is 1. The fraction of sp³-hybridized carbons (Fsp3) is 0.167. The van der Waals surface area contributed by atoms with Gasteiger partial charge in [0.25, 0.3) is 5.91 Å². The number of amides is 1. The number of nitrogens with zero attached hydrogens (tertiary/aromatic N) is 3. The number of carbonyl (C=O) groups excluding carboxylic acids is 1. The molecule has 0 fully saturated rings. The molecule has 7 nitrogen and oxygen atoms in total. The van der Waals surface area contributed by atoms with E-state index in [2.05, 4.69) is 15.4 Å². The monoisotopic (exact) mass is 406 g/mol. The first kappa shape index (κ1) is 19.2. The number of aromatic nitrogens is 3. The van der Waals surface area contributed by atoms with Crippen molar-refractivity contribution in [2.75, 3.05) is 12.4 Å². The number of hydrogen-bond donors (Lipinski definition) is 2. The van der Waals surface area contributed by atoms with Crippen LogP contribution in [0.1, 0.15) is 22.3 Å². The summed E-state index contributed by atoms with van der Waals surface area (Å²) in [6.07, 6.45) is 0.583. The summed E-state index contributed by atoms with van der Waals surface area (Å²) in [4.78, 5) is 16.2. The zero-order valence-electron chi connectivity index (χ0n) is 14.3. The van der Waals surface area contributed by atoms with E-state index in [0.717, 1.165) is 0 Å². The lowest BCUT2D eigenvalue weighted by atomic mass is 10.1. The van der Waals surface area contributed by atoms with Crippen LogP contribution in [0, 0.1) is 0 Å². The second-order valence-electron chi connectivity index (χ2n) is 5.66. The molecule has 2 aromatic carbocycles. The molecule has 9 heteroatoms. The van der Waals surface area contributed by atoms with Gasteiger partial charge in [0.2, 0.25) is 5.82 Å². The Bertz CT molecular complexity index is 944. The molecule has 1 atom stereocenters. The Hall–Kier alpha value is -2.61. The first-order valence-electron chi connectivity index (χ1n) is 7.94. The van der Waals surface area contributed by atoms with Crippen LogP contribution in [0.25, 0.3) is 0 Å². The average Bonchev–Trinajstić information content (AvgIpc) is 3.13. The molecule has 2 N–H and O–H groups in total. The fourth-order valence-electron chi connectivity index (χ4n) is 2.36. The van der Waals surface area contributed by atoms with E-state index in [9.17, 15) is 9.90 Å². The molecule has 0 unspecified atom stereocenters. The normalized spacial score (nSPS) is 11.9. The Morgan fingerprint density at radius 3 is 2.63 bits per heavy atom. The summed E-state index contributed by atoms with van der Waals surface area (Å²) >= 11 is 11.8. The lowest BCUT2D eigenvalue weighted by molar-refractivity contribution is 0.101. The van der Waals surface area contributed by atoms with Crippen LogP contribution in [0.2, 0.25) is 10.0 Å². The first-order valence-corrected chi connectivity index (χ1v) is 8.69. The second-order valence-corrected chi connectivity index (χ2v) is 6.48. The molecule has 0 spiro atoms. The maximum Gasteiger partial charge on any atom is 0.295 e. The lowest BCUT2D eigenvalue weighted by Gasteiger charge is -2.11. The van der Waals surface area contributed by atoms with Crippen LogP contribution in [0.4, 0.5) is 5.69 Å². The van der Waals surface area contributed by atoms with Crippen LogP contribution in [0.3, 0.4) is 0 Å². The summed E-state index contributed by atoms with van der Waals surface area (Å²) in [6.45, 7) is 0.152. The van der Waals surface area contributed by atoms with Gasteiger partial charge in [0.1, 0.15) is 12.1 Å². The quantitative estimate of drug-likeness (QED) is 0.652. The maximum absolute atomic E-state index is 12.2. The summed E-state index contributed by atoms with van der Waals surface area (Å²) < 4.78 is 6.49. The van der Waals surface area contributed by atoms with E-state index >= 15 is 0 Å². The van der Waals surface area contributed by atoms with E-state index in [1.807, 2.05) is 0 Å². The number of halogens is 2. The average molecular weight is 407 g/mol. The molecule has 0 saturated heterocycles. The molecule has 3 rings (SSSR count). The number of ether oxygens (including phenoxy) is 1. The summed E-state index contributed by atoms with van der Waals surface area (Å²) in [5.41, 5.74) is 1.18. The molecule has 0 aliphatic carbocycles. The SMILES string of the molecule is COc1ccc([C@@H](O)Cn2cnc(C(=O)Nc3ccc(Cl)c(Cl)c3)n2)cc1. The highest BCUT2D eigenvalue weighted by atomic mass is 35.5. The third-order valence-corrected chi connectivity index (χ3v) is 4.52. The van der Waals surface area contributed by atoms with Gasteiger partial charge < -0.3 is 15.2 Å². The summed E-state index contributed by atoms with van der Waals surface area (Å²) in [6, 6.07) is 11.8. The molecule has 0 saturated carbocycles. The van der Waals surface area contributed by atoms with Crippen molar-refractivity contribution in [3.8, 4) is 5.75 Å². The summed E-state index contributed by atoms with van der Waals surface area (Å²) in [5, 5.41) is 17.8. The van der Waals surface area contributed by atoms with Crippen LogP contribution < -0.4 is 10.1 Å². The van der Waals surface area contributed by atoms with Crippen molar-refractivity contribution in [3.63, 3.8) is 0 Å². The standard InChI is InChI=1S/C18H16Cl2N4O3/c1-27-13-5-2-11(3-6-13)16(25)9-24-10-21-17(23-24)18(26)22-12-4-7-14(19)15(20)8-12/h2-8,10,16,25H,9H2,1H3,(H,22,26)/t16-/m0/s1. The molecule has 1 amide bonds. The number of rotatable bonds is 6. The van der Waals surface area contributed by atoms with Crippen LogP contribution in [0.5, 0.6) is 5.75 Å². The van der Waals surface area contributed by atoms with Crippen molar-refractivity contribution in [1.82, 2.24) is 14.8 Å². The van der Waals surface area contributed by atoms with Crippen LogP contribution in [0.15, 0.2) is 48.8 Å². The molecule has 0 aliphatic rings. The van der Waals surface area contributed by atoms with Gasteiger partial charge in [-0.2, -0.15) is 0 Å². The summed E-state index contributed by atoms with van der Waals surface area (Å²) in [5.74, 6) is 0.182. The van der Waals surface area contributed by atoms with E-state index < -0.39 is 12.0 Å². The molecule has 140 valence electrons. The maximum atomic E-state index is 12.2. The van der Waals surface area contributed by atoms with Gasteiger partial charge in [-0.1, -0.05) is 35.3 Å². The Morgan fingerprint density at radius 2 is 1.96 bits per heavy atom. The number of methoxy groups -OCH3 is 1. The number of aliphatic hydroxyl groups is 1. The smallest absolute Gasteiger partial charge is 0.295 e. The minimum Gasteiger partial charge on any atom is -0.497 e. The van der Waals surface area contributed by atoms with E-state index in [0.29, 0.717) is 27.0 Å². The molecule has 0 aliphatic heterocycles. The van der Waals surface area contributed by atoms with Crippen molar-refractivity contribution in [3.05, 3.63) is 70.2 Å². The molecule has 0 bridgehead atoms. The van der Waals surface area contributed by atoms with Gasteiger partial charge in [-0.15, -0.1) is 5.10 Å². The van der Waals surface area contributed by atoms with Crippen LogP contribution in [-0.2, 0) is 6.54 Å². The highest BCUT2D eigenvalue weighted by molar-refractivity contribution is 6.42. The fourth-order valence-corrected chi connectivity index (χ4v) is 2.65. The van der Waals surface area contributed by atoms with Gasteiger partial charge in [0.15, 0.2) is 0 Å². The topological polar surface area (TPSA) is 89.3 Å². The van der Waals surface area contributed by atoms with Crippen molar-refractivity contribution in [2.45, 2.75) is 12.6 Å². The molecular formula is C18H16Cl2N4O3. The molecule has 0 radical (unpaired) electrons. The number of nitrogens with one attached hydrogen (secondary N) is 1. The van der Waals surface area contributed by atoms with Gasteiger partial charge in [-0.05, 0) is 35.9 Å². The predicted octanol–water partition coefficient (Wildman–Crippen LogP) is 3.58. The van der Waals surface area contributed by atoms with E-state index in [-0.39, 0.29) is 12.4 Å². The minimum atomic E-state index is -0.802. The van der Waals surface area contributed by atoms with Gasteiger partial charge >= 0.3 is 0 Å². The van der Waals surface area contributed by atoms with Crippen molar-refractivity contribution in [2.24, 2.45) is 0 Å². The molecule has 27 heavy (non-hydrogen) atoms. The first-order chi connectivity index (χ1) is 13.0. The third-order valence-electron chi connectivity index (χ3n) is 3.78. The van der Waals surface area contributed by atoms with Gasteiger partial charge in [-0.3, -0.25) is 4.79 Å². The number of benzene rings is 2. The van der Waals surface area contributed by atoms with Crippen molar-refractivity contribution >= 4 is 34.8 Å². The number of aliphatic hydroxyl groups excluding tert-OH is 1. The summed E-state index contributed by atoms with van der Waals surface area (Å²) in [7, 11) is 1.57. The zero-order chi connectivity index (χ0) is 19.4. The Labute approximate surface area is 165 Å². The third kappa shape index (κ3) is 4.77. The number of hydrogen-bond acceptors (Lipinski definition) is 5. The zero-order valence-corrected chi connectivity index (χ0v) is 15.8. The van der Waals surface area contributed by atoms with Crippen LogP contribution in [-0.4, -0.2) is 32.9 Å². The van der Waals surface area contributed by atoms with Gasteiger partial charge in [0.05, 0.1) is 29.8 Å². The molecule has 1 heterocycles. The highest BCUT2D eigenvalue weighted by Gasteiger charge is 2.15. The molecule has 3 aromatic rings. The van der Waals surface area contributed by atoms with Crippen LogP contribution >= 0.6 is 23.2 Å². The van der Waals surface area contributed by atoms with Crippen molar-refractivity contribution in [1.29, 1.82) is 0 Å². The van der Waals surface area contributed by atoms with E-state index in [1.165, 1.54) is 17.1 Å². The molecular weight excluding hydrogens is 391 g/mol. The predicted molar refractivity (Wildman–Crippen MR) is 102 cm³/mol. The van der Waals surface area contributed by atoms with Crippen molar-refractivity contribution < 1.29 is 14.6 Å².